The monoisotopic (exact) mass is 652 g/mol. The largest absolute Gasteiger partial charge is 0.573 e. The van der Waals surface area contributed by atoms with Gasteiger partial charge >= 0.3 is 12.4 Å². The Hall–Kier alpha value is -4.52. The van der Waals surface area contributed by atoms with E-state index in [4.69, 9.17) is 4.74 Å². The molecule has 0 bridgehead atoms. The number of nitrogens with zero attached hydrogens (tertiary/aromatic N) is 5. The Bertz CT molecular complexity index is 1690. The highest BCUT2D eigenvalue weighted by Gasteiger charge is 2.31. The van der Waals surface area contributed by atoms with Gasteiger partial charge in [0.05, 0.1) is 18.8 Å². The zero-order valence-electron chi connectivity index (χ0n) is 26.1. The number of thioether (sulfide) groups is 1. The van der Waals surface area contributed by atoms with E-state index in [1.165, 1.54) is 35.3 Å². The molecule has 5 rings (SSSR count). The molecular weight excluding hydrogens is 617 g/mol. The van der Waals surface area contributed by atoms with E-state index in [9.17, 15) is 18.0 Å². The highest BCUT2D eigenvalue weighted by atomic mass is 32.2. The van der Waals surface area contributed by atoms with E-state index in [0.29, 0.717) is 16.7 Å². The Balaban J connectivity index is 1.26. The minimum absolute atomic E-state index is 0.170. The first-order valence-electron chi connectivity index (χ1n) is 14.8. The summed E-state index contributed by atoms with van der Waals surface area (Å²) in [6, 6.07) is 18.3. The average Bonchev–Trinajstić information content (AvgIpc) is 3.51. The Kier molecular flexibility index (Phi) is 9.90. The number of hydrogen-bond donors (Lipinski definition) is 1. The maximum Gasteiger partial charge on any atom is 0.573 e. The number of ether oxygens (including phenoxy) is 2. The van der Waals surface area contributed by atoms with Crippen LogP contribution in [-0.2, 0) is 0 Å². The summed E-state index contributed by atoms with van der Waals surface area (Å²) in [6.07, 6.45) is -2.31. The number of anilines is 1. The Morgan fingerprint density at radius 2 is 1.74 bits per heavy atom. The number of benzene rings is 3. The van der Waals surface area contributed by atoms with E-state index in [2.05, 4.69) is 50.8 Å². The van der Waals surface area contributed by atoms with Crippen LogP contribution in [0.25, 0.3) is 17.1 Å². The molecule has 46 heavy (non-hydrogen) atoms. The zero-order valence-corrected chi connectivity index (χ0v) is 26.9. The molecule has 0 spiro atoms. The van der Waals surface area contributed by atoms with Gasteiger partial charge in [0, 0.05) is 23.0 Å². The van der Waals surface area contributed by atoms with Crippen molar-refractivity contribution in [2.24, 2.45) is 4.99 Å². The molecule has 2 amide bonds. The topological polar surface area (TPSA) is 93.9 Å². The lowest BCUT2D eigenvalue weighted by molar-refractivity contribution is -0.274. The lowest BCUT2D eigenvalue weighted by Crippen LogP contribution is -2.42. The van der Waals surface area contributed by atoms with Gasteiger partial charge in [0.25, 0.3) is 0 Å². The molecule has 2 unspecified atom stereocenters. The summed E-state index contributed by atoms with van der Waals surface area (Å²) in [7, 11) is 1.65. The number of methoxy groups -OCH3 is 1. The minimum atomic E-state index is -4.76. The predicted molar refractivity (Wildman–Crippen MR) is 174 cm³/mol. The third kappa shape index (κ3) is 7.82. The van der Waals surface area contributed by atoms with Crippen LogP contribution in [0.5, 0.6) is 11.5 Å². The van der Waals surface area contributed by atoms with Crippen molar-refractivity contribution in [2.75, 3.05) is 17.8 Å². The number of carbonyl (C=O) groups is 1. The summed E-state index contributed by atoms with van der Waals surface area (Å²) in [5, 5.41) is 8.10. The highest BCUT2D eigenvalue weighted by Crippen LogP contribution is 2.37. The molecule has 3 aromatic carbocycles. The third-order valence-electron chi connectivity index (χ3n) is 7.56. The fourth-order valence-electron chi connectivity index (χ4n) is 5.10. The molecule has 9 nitrogen and oxygen atoms in total. The third-order valence-corrected chi connectivity index (χ3v) is 8.55. The van der Waals surface area contributed by atoms with Crippen LogP contribution in [0.3, 0.4) is 0 Å². The Labute approximate surface area is 269 Å². The van der Waals surface area contributed by atoms with Crippen molar-refractivity contribution in [3.63, 3.8) is 0 Å². The van der Waals surface area contributed by atoms with Gasteiger partial charge < -0.3 is 19.7 Å². The lowest BCUT2D eigenvalue weighted by Gasteiger charge is -2.37. The molecule has 13 heteroatoms. The molecule has 1 saturated heterocycles. The second kappa shape index (κ2) is 13.9. The summed E-state index contributed by atoms with van der Waals surface area (Å²) < 4.78 is 48.2. The number of amides is 2. The first kappa shape index (κ1) is 32.9. The number of hydrogen-bond acceptors (Lipinski definition) is 6. The SMILES string of the molecule is COc1ccc(N2C(=NC(=O)NC(C)c3ccc(-c4ncn(-c5ccc(OC(F)(F)F)cc5)n4)cc3)SCCC2C)c(C(C)C)c1. The number of aromatic nitrogens is 3. The standard InChI is InChI=1S/C33H35F3N6O3S/c1-20(2)28-18-27(44-5)14-15-29(28)42-21(3)16-17-46-32(42)39-31(43)38-22(4)23-6-8-24(9-7-23)30-37-19-41(40-30)25-10-12-26(13-11-25)45-33(34,35)36/h6-15,18-22H,16-17H2,1-5H3,(H,38,43). The molecule has 1 N–H and O–H groups in total. The predicted octanol–water partition coefficient (Wildman–Crippen LogP) is 8.12. The molecule has 1 aliphatic heterocycles. The highest BCUT2D eigenvalue weighted by molar-refractivity contribution is 8.14. The molecule has 1 fully saturated rings. The van der Waals surface area contributed by atoms with Crippen molar-refractivity contribution < 1.29 is 27.4 Å². The van der Waals surface area contributed by atoms with E-state index in [1.54, 1.807) is 18.9 Å². The van der Waals surface area contributed by atoms with Gasteiger partial charge in [-0.3, -0.25) is 0 Å². The molecule has 242 valence electrons. The summed E-state index contributed by atoms with van der Waals surface area (Å²) >= 11 is 1.57. The van der Waals surface area contributed by atoms with Gasteiger partial charge in [-0.15, -0.1) is 18.3 Å². The maximum atomic E-state index is 13.2. The van der Waals surface area contributed by atoms with Crippen molar-refractivity contribution in [3.8, 4) is 28.6 Å². The average molecular weight is 653 g/mol. The fourth-order valence-corrected chi connectivity index (χ4v) is 6.31. The van der Waals surface area contributed by atoms with Crippen LogP contribution >= 0.6 is 11.8 Å². The van der Waals surface area contributed by atoms with Crippen molar-refractivity contribution in [1.29, 1.82) is 0 Å². The number of nitrogens with one attached hydrogen (secondary N) is 1. The summed E-state index contributed by atoms with van der Waals surface area (Å²) in [5.74, 6) is 2.03. The molecular formula is C33H35F3N6O3S. The number of halogens is 3. The molecule has 2 heterocycles. The zero-order chi connectivity index (χ0) is 33.0. The quantitative estimate of drug-likeness (QED) is 0.205. The number of aliphatic imine (C=N–C) groups is 1. The number of urea groups is 1. The number of rotatable bonds is 8. The normalized spacial score (nSPS) is 16.8. The van der Waals surface area contributed by atoms with Crippen LogP contribution in [0, 0.1) is 0 Å². The van der Waals surface area contributed by atoms with Gasteiger partial charge in [-0.2, -0.15) is 4.99 Å². The van der Waals surface area contributed by atoms with Gasteiger partial charge in [0.1, 0.15) is 17.8 Å². The fraction of sp³-hybridized carbons (Fsp3) is 0.333. The van der Waals surface area contributed by atoms with Gasteiger partial charge in [-0.05, 0) is 79.8 Å². The van der Waals surface area contributed by atoms with Crippen LogP contribution in [0.2, 0.25) is 0 Å². The first-order chi connectivity index (χ1) is 21.9. The number of alkyl halides is 3. The van der Waals surface area contributed by atoms with Crippen LogP contribution in [0.4, 0.5) is 23.7 Å². The van der Waals surface area contributed by atoms with Crippen LogP contribution in [0.15, 0.2) is 78.0 Å². The van der Waals surface area contributed by atoms with Gasteiger partial charge in [0.15, 0.2) is 11.0 Å². The summed E-state index contributed by atoms with van der Waals surface area (Å²) in [5.41, 5.74) is 4.29. The molecule has 2 atom stereocenters. The van der Waals surface area contributed by atoms with Crippen molar-refractivity contribution >= 4 is 28.6 Å². The van der Waals surface area contributed by atoms with E-state index in [1.807, 2.05) is 49.4 Å². The van der Waals surface area contributed by atoms with Crippen molar-refractivity contribution in [3.05, 3.63) is 84.2 Å². The maximum absolute atomic E-state index is 13.2. The second-order valence-corrected chi connectivity index (χ2v) is 12.2. The molecule has 0 aliphatic carbocycles. The molecule has 0 radical (unpaired) electrons. The van der Waals surface area contributed by atoms with Crippen molar-refractivity contribution in [1.82, 2.24) is 20.1 Å². The number of amidine groups is 1. The van der Waals surface area contributed by atoms with Crippen LogP contribution in [-0.4, -0.2) is 51.2 Å². The van der Waals surface area contributed by atoms with Crippen molar-refractivity contribution in [2.45, 2.75) is 58.5 Å². The van der Waals surface area contributed by atoms with E-state index in [0.717, 1.165) is 40.3 Å². The molecule has 4 aromatic rings. The Morgan fingerprint density at radius 3 is 2.39 bits per heavy atom. The molecule has 0 saturated carbocycles. The van der Waals surface area contributed by atoms with Gasteiger partial charge in [-0.25, -0.2) is 14.5 Å². The summed E-state index contributed by atoms with van der Waals surface area (Å²) in [4.78, 5) is 24.2. The van der Waals surface area contributed by atoms with Gasteiger partial charge in [-0.1, -0.05) is 49.9 Å². The minimum Gasteiger partial charge on any atom is -0.497 e. The lowest BCUT2D eigenvalue weighted by atomic mass is 9.99. The van der Waals surface area contributed by atoms with Gasteiger partial charge in [0.2, 0.25) is 0 Å². The number of carbonyl (C=O) groups excluding carboxylic acids is 1. The van der Waals surface area contributed by atoms with E-state index < -0.39 is 12.4 Å². The molecule has 1 aliphatic rings. The Morgan fingerprint density at radius 1 is 1.04 bits per heavy atom. The summed E-state index contributed by atoms with van der Waals surface area (Å²) in [6.45, 7) is 8.31. The van der Waals surface area contributed by atoms with E-state index >= 15 is 0 Å². The van der Waals surface area contributed by atoms with Crippen LogP contribution < -0.4 is 19.7 Å². The molecule has 1 aromatic heterocycles. The second-order valence-electron chi connectivity index (χ2n) is 11.2. The first-order valence-corrected chi connectivity index (χ1v) is 15.8. The smallest absolute Gasteiger partial charge is 0.497 e. The van der Waals surface area contributed by atoms with Crippen LogP contribution in [0.1, 0.15) is 57.2 Å². The van der Waals surface area contributed by atoms with E-state index in [-0.39, 0.29) is 23.8 Å².